The maximum atomic E-state index is 12.2. The molecule has 7 heteroatoms. The molecule has 0 spiro atoms. The predicted molar refractivity (Wildman–Crippen MR) is 106 cm³/mol. The van der Waals surface area contributed by atoms with Crippen molar-refractivity contribution in [1.82, 2.24) is 5.32 Å². The number of benzene rings is 2. The van der Waals surface area contributed by atoms with Crippen LogP contribution >= 0.6 is 11.6 Å². The molecule has 0 atom stereocenters. The van der Waals surface area contributed by atoms with Crippen molar-refractivity contribution in [2.45, 2.75) is 19.8 Å². The van der Waals surface area contributed by atoms with E-state index in [1.54, 1.807) is 18.2 Å². The molecule has 2 aromatic carbocycles. The quantitative estimate of drug-likeness (QED) is 0.699. The molecule has 0 unspecified atom stereocenters. The van der Waals surface area contributed by atoms with Crippen molar-refractivity contribution >= 4 is 33.2 Å². The smallest absolute Gasteiger partial charge is 0.240 e. The molecule has 0 aliphatic carbocycles. The highest BCUT2D eigenvalue weighted by atomic mass is 35.5. The van der Waals surface area contributed by atoms with E-state index in [9.17, 15) is 13.2 Å². The monoisotopic (exact) mass is 394 g/mol. The Labute approximate surface area is 160 Å². The van der Waals surface area contributed by atoms with Gasteiger partial charge in [-0.15, -0.1) is 0 Å². The Morgan fingerprint density at radius 2 is 1.88 bits per heavy atom. The van der Waals surface area contributed by atoms with E-state index in [2.05, 4.69) is 5.32 Å². The fourth-order valence-corrected chi connectivity index (χ4v) is 3.66. The van der Waals surface area contributed by atoms with Gasteiger partial charge in [0.05, 0.1) is 11.9 Å². The third-order valence-electron chi connectivity index (χ3n) is 3.88. The number of rotatable bonds is 8. The minimum atomic E-state index is -3.55. The van der Waals surface area contributed by atoms with E-state index in [0.717, 1.165) is 34.5 Å². The Kier molecular flexibility index (Phi) is 7.06. The molecule has 26 heavy (non-hydrogen) atoms. The van der Waals surface area contributed by atoms with Gasteiger partial charge in [-0.1, -0.05) is 41.9 Å². The van der Waals surface area contributed by atoms with Gasteiger partial charge in [0.15, 0.2) is 0 Å². The van der Waals surface area contributed by atoms with Crippen LogP contribution in [-0.2, 0) is 21.2 Å². The van der Waals surface area contributed by atoms with Crippen LogP contribution in [0.1, 0.15) is 17.5 Å². The Hall–Kier alpha value is -2.05. The summed E-state index contributed by atoms with van der Waals surface area (Å²) in [6.07, 6.45) is 2.56. The van der Waals surface area contributed by atoms with E-state index >= 15 is 0 Å². The number of aryl methyl sites for hydroxylation is 2. The number of carbonyl (C=O) groups is 1. The molecule has 0 heterocycles. The number of hydrogen-bond acceptors (Lipinski definition) is 3. The van der Waals surface area contributed by atoms with Crippen molar-refractivity contribution in [3.05, 3.63) is 64.7 Å². The van der Waals surface area contributed by atoms with Crippen molar-refractivity contribution in [2.75, 3.05) is 23.7 Å². The number of carbonyl (C=O) groups excluding carboxylic acids is 1. The fourth-order valence-electron chi connectivity index (χ4n) is 2.58. The zero-order valence-corrected chi connectivity index (χ0v) is 16.5. The Morgan fingerprint density at radius 3 is 2.54 bits per heavy atom. The maximum Gasteiger partial charge on any atom is 0.240 e. The second-order valence-corrected chi connectivity index (χ2v) is 8.47. The lowest BCUT2D eigenvalue weighted by atomic mass is 10.1. The first kappa shape index (κ1) is 20.3. The summed E-state index contributed by atoms with van der Waals surface area (Å²) in [5, 5.41) is 3.48. The van der Waals surface area contributed by atoms with Gasteiger partial charge in [0, 0.05) is 11.6 Å². The minimum Gasteiger partial charge on any atom is -0.355 e. The van der Waals surface area contributed by atoms with Gasteiger partial charge in [0.2, 0.25) is 15.9 Å². The summed E-state index contributed by atoms with van der Waals surface area (Å²) in [5.41, 5.74) is 2.44. The van der Waals surface area contributed by atoms with Crippen molar-refractivity contribution in [3.63, 3.8) is 0 Å². The second kappa shape index (κ2) is 9.05. The molecule has 0 aliphatic heterocycles. The highest BCUT2D eigenvalue weighted by Gasteiger charge is 2.20. The normalized spacial score (nSPS) is 11.2. The number of nitrogens with one attached hydrogen (secondary N) is 1. The van der Waals surface area contributed by atoms with E-state index in [1.807, 2.05) is 37.3 Å². The average Bonchev–Trinajstić information content (AvgIpc) is 2.57. The number of anilines is 1. The van der Waals surface area contributed by atoms with Crippen LogP contribution < -0.4 is 9.62 Å². The number of halogens is 1. The molecule has 0 fully saturated rings. The van der Waals surface area contributed by atoms with Crippen molar-refractivity contribution < 1.29 is 13.2 Å². The molecule has 0 radical (unpaired) electrons. The molecule has 5 nitrogen and oxygen atoms in total. The standard InChI is InChI=1S/C19H23ClN2O3S/c1-15-7-5-10-17(13-15)22(26(2,24)25)14-19(23)21-12-6-9-16-8-3-4-11-18(16)20/h3-5,7-8,10-11,13H,6,9,12,14H2,1-2H3,(H,21,23). The van der Waals surface area contributed by atoms with Crippen LogP contribution in [0.15, 0.2) is 48.5 Å². The van der Waals surface area contributed by atoms with Crippen LogP contribution in [0, 0.1) is 6.92 Å². The number of amides is 1. The molecule has 1 amide bonds. The lowest BCUT2D eigenvalue weighted by Crippen LogP contribution is -2.40. The molecule has 0 saturated carbocycles. The van der Waals surface area contributed by atoms with Gasteiger partial charge in [0.1, 0.15) is 6.54 Å². The topological polar surface area (TPSA) is 66.5 Å². The van der Waals surface area contributed by atoms with Gasteiger partial charge in [0.25, 0.3) is 0 Å². The van der Waals surface area contributed by atoms with E-state index in [4.69, 9.17) is 11.6 Å². The summed E-state index contributed by atoms with van der Waals surface area (Å²) in [6, 6.07) is 14.6. The lowest BCUT2D eigenvalue weighted by molar-refractivity contribution is -0.119. The van der Waals surface area contributed by atoms with Crippen molar-refractivity contribution in [2.24, 2.45) is 0 Å². The lowest BCUT2D eigenvalue weighted by Gasteiger charge is -2.22. The van der Waals surface area contributed by atoms with Crippen LogP contribution in [0.5, 0.6) is 0 Å². The molecule has 0 aromatic heterocycles. The summed E-state index contributed by atoms with van der Waals surface area (Å²) >= 11 is 6.10. The number of sulfonamides is 1. The summed E-state index contributed by atoms with van der Waals surface area (Å²) in [5.74, 6) is -0.337. The first-order valence-corrected chi connectivity index (χ1v) is 10.5. The zero-order chi connectivity index (χ0) is 19.2. The molecule has 2 aromatic rings. The molecule has 0 bridgehead atoms. The van der Waals surface area contributed by atoms with E-state index in [1.165, 1.54) is 0 Å². The van der Waals surface area contributed by atoms with Gasteiger partial charge >= 0.3 is 0 Å². The molecule has 140 valence electrons. The number of hydrogen-bond donors (Lipinski definition) is 1. The molecule has 0 saturated heterocycles. The molecular formula is C19H23ClN2O3S. The minimum absolute atomic E-state index is 0.242. The summed E-state index contributed by atoms with van der Waals surface area (Å²) in [4.78, 5) is 12.2. The highest BCUT2D eigenvalue weighted by Crippen LogP contribution is 2.19. The molecule has 1 N–H and O–H groups in total. The fraction of sp³-hybridized carbons (Fsp3) is 0.316. The summed E-state index contributed by atoms with van der Waals surface area (Å²) in [6.45, 7) is 2.09. The summed E-state index contributed by atoms with van der Waals surface area (Å²) in [7, 11) is -3.55. The second-order valence-electron chi connectivity index (χ2n) is 6.15. The van der Waals surface area contributed by atoms with Crippen molar-refractivity contribution in [3.8, 4) is 0 Å². The molecule has 0 aliphatic rings. The average molecular weight is 395 g/mol. The first-order chi connectivity index (χ1) is 12.3. The van der Waals surface area contributed by atoms with Gasteiger partial charge in [-0.05, 0) is 49.1 Å². The highest BCUT2D eigenvalue weighted by molar-refractivity contribution is 7.92. The SMILES string of the molecule is Cc1cccc(N(CC(=O)NCCCc2ccccc2Cl)S(C)(=O)=O)c1. The van der Waals surface area contributed by atoms with Gasteiger partial charge < -0.3 is 5.32 Å². The Morgan fingerprint density at radius 1 is 1.15 bits per heavy atom. The zero-order valence-electron chi connectivity index (χ0n) is 14.9. The van der Waals surface area contributed by atoms with Crippen LogP contribution in [0.4, 0.5) is 5.69 Å². The van der Waals surface area contributed by atoms with E-state index in [-0.39, 0.29) is 12.5 Å². The predicted octanol–water partition coefficient (Wildman–Crippen LogP) is 3.16. The van der Waals surface area contributed by atoms with Gasteiger partial charge in [-0.2, -0.15) is 0 Å². The summed E-state index contributed by atoms with van der Waals surface area (Å²) < 4.78 is 25.2. The van der Waals surface area contributed by atoms with Crippen molar-refractivity contribution in [1.29, 1.82) is 0 Å². The molecule has 2 rings (SSSR count). The Bertz CT molecular complexity index is 869. The van der Waals surface area contributed by atoms with Crippen LogP contribution in [0.2, 0.25) is 5.02 Å². The number of nitrogens with zero attached hydrogens (tertiary/aromatic N) is 1. The van der Waals surface area contributed by atoms with Crippen LogP contribution in [0.3, 0.4) is 0 Å². The van der Waals surface area contributed by atoms with E-state index in [0.29, 0.717) is 17.3 Å². The van der Waals surface area contributed by atoms with Crippen LogP contribution in [0.25, 0.3) is 0 Å². The van der Waals surface area contributed by atoms with Gasteiger partial charge in [-0.3, -0.25) is 9.10 Å². The third-order valence-corrected chi connectivity index (χ3v) is 5.39. The Balaban J connectivity index is 1.91. The largest absolute Gasteiger partial charge is 0.355 e. The van der Waals surface area contributed by atoms with E-state index < -0.39 is 10.0 Å². The first-order valence-electron chi connectivity index (χ1n) is 8.32. The van der Waals surface area contributed by atoms with Crippen LogP contribution in [-0.4, -0.2) is 33.7 Å². The molecular weight excluding hydrogens is 372 g/mol. The third kappa shape index (κ3) is 6.04. The maximum absolute atomic E-state index is 12.2. The van der Waals surface area contributed by atoms with Gasteiger partial charge in [-0.25, -0.2) is 8.42 Å².